The zero-order valence-electron chi connectivity index (χ0n) is 11.8. The van der Waals surface area contributed by atoms with Crippen LogP contribution in [0.2, 0.25) is 0 Å². The Morgan fingerprint density at radius 3 is 2.65 bits per heavy atom. The van der Waals surface area contributed by atoms with Crippen LogP contribution in [0.3, 0.4) is 0 Å². The van der Waals surface area contributed by atoms with Crippen molar-refractivity contribution in [3.05, 3.63) is 17.8 Å². The number of rotatable bonds is 6. The molecule has 1 aromatic rings. The largest absolute Gasteiger partial charge is 0.448 e. The van der Waals surface area contributed by atoms with Crippen LogP contribution < -0.4 is 5.32 Å². The first-order chi connectivity index (χ1) is 7.88. The second kappa shape index (κ2) is 6.20. The van der Waals surface area contributed by atoms with Gasteiger partial charge in [-0.05, 0) is 24.3 Å². The minimum absolute atomic E-state index is 0.343. The highest BCUT2D eigenvalue weighted by atomic mass is 16.3. The fourth-order valence-corrected chi connectivity index (χ4v) is 1.61. The quantitative estimate of drug-likeness (QED) is 0.825. The Kier molecular flexibility index (Phi) is 5.19. The van der Waals surface area contributed by atoms with Crippen LogP contribution in [-0.4, -0.2) is 11.5 Å². The van der Waals surface area contributed by atoms with E-state index in [2.05, 4.69) is 44.9 Å². The van der Waals surface area contributed by atoms with Gasteiger partial charge >= 0.3 is 0 Å². The third-order valence-corrected chi connectivity index (χ3v) is 2.67. The molecule has 17 heavy (non-hydrogen) atoms. The topological polar surface area (TPSA) is 38.1 Å². The summed E-state index contributed by atoms with van der Waals surface area (Å²) in [4.78, 5) is 4.28. The lowest BCUT2D eigenvalue weighted by Crippen LogP contribution is -2.20. The van der Waals surface area contributed by atoms with Crippen molar-refractivity contribution in [2.75, 3.05) is 6.54 Å². The van der Waals surface area contributed by atoms with Crippen molar-refractivity contribution in [3.63, 3.8) is 0 Å². The predicted molar refractivity (Wildman–Crippen MR) is 70.8 cm³/mol. The Morgan fingerprint density at radius 2 is 2.06 bits per heavy atom. The molecule has 0 bridgehead atoms. The van der Waals surface area contributed by atoms with E-state index in [1.165, 1.54) is 0 Å². The summed E-state index contributed by atoms with van der Waals surface area (Å²) in [7, 11) is 0. The fourth-order valence-electron chi connectivity index (χ4n) is 1.61. The molecular formula is C14H26N2O. The molecule has 3 nitrogen and oxygen atoms in total. The van der Waals surface area contributed by atoms with Gasteiger partial charge in [0.25, 0.3) is 0 Å². The van der Waals surface area contributed by atoms with Gasteiger partial charge in [0.1, 0.15) is 5.76 Å². The SMILES string of the molecule is CC(C)CNCc1ncoc1CCC(C)(C)C. The van der Waals surface area contributed by atoms with Crippen LogP contribution in [0.25, 0.3) is 0 Å². The van der Waals surface area contributed by atoms with Crippen LogP contribution in [0.1, 0.15) is 52.5 Å². The fraction of sp³-hybridized carbons (Fsp3) is 0.786. The second-order valence-corrected chi connectivity index (χ2v) is 6.31. The Labute approximate surface area is 105 Å². The molecule has 1 aromatic heterocycles. The van der Waals surface area contributed by atoms with Gasteiger partial charge in [0.15, 0.2) is 6.39 Å². The Hall–Kier alpha value is -0.830. The minimum atomic E-state index is 0.343. The Bertz CT molecular complexity index is 323. The highest BCUT2D eigenvalue weighted by Gasteiger charge is 2.14. The molecule has 0 aliphatic heterocycles. The minimum Gasteiger partial charge on any atom is -0.448 e. The number of aryl methyl sites for hydroxylation is 1. The van der Waals surface area contributed by atoms with Gasteiger partial charge in [-0.25, -0.2) is 4.98 Å². The lowest BCUT2D eigenvalue weighted by molar-refractivity contribution is 0.357. The smallest absolute Gasteiger partial charge is 0.181 e. The van der Waals surface area contributed by atoms with Crippen LogP contribution in [0.4, 0.5) is 0 Å². The van der Waals surface area contributed by atoms with E-state index in [0.29, 0.717) is 11.3 Å². The Morgan fingerprint density at radius 1 is 1.35 bits per heavy atom. The van der Waals surface area contributed by atoms with Crippen LogP contribution in [0.15, 0.2) is 10.8 Å². The summed E-state index contributed by atoms with van der Waals surface area (Å²) in [6.07, 6.45) is 3.66. The summed E-state index contributed by atoms with van der Waals surface area (Å²) in [6, 6.07) is 0. The molecule has 0 saturated carbocycles. The zero-order valence-corrected chi connectivity index (χ0v) is 11.8. The predicted octanol–water partition coefficient (Wildman–Crippen LogP) is 3.40. The normalized spacial score (nSPS) is 12.4. The zero-order chi connectivity index (χ0) is 12.9. The molecule has 0 radical (unpaired) electrons. The van der Waals surface area contributed by atoms with Crippen molar-refractivity contribution in [1.29, 1.82) is 0 Å². The molecule has 98 valence electrons. The Balaban J connectivity index is 2.43. The number of aromatic nitrogens is 1. The van der Waals surface area contributed by atoms with Crippen LogP contribution in [0.5, 0.6) is 0 Å². The van der Waals surface area contributed by atoms with Crippen molar-refractivity contribution in [3.8, 4) is 0 Å². The van der Waals surface area contributed by atoms with Crippen molar-refractivity contribution < 1.29 is 4.42 Å². The molecule has 0 aliphatic carbocycles. The third kappa shape index (κ3) is 5.87. The molecule has 0 unspecified atom stereocenters. The van der Waals surface area contributed by atoms with E-state index >= 15 is 0 Å². The van der Waals surface area contributed by atoms with Gasteiger partial charge in [0, 0.05) is 13.0 Å². The van der Waals surface area contributed by atoms with Crippen LogP contribution in [-0.2, 0) is 13.0 Å². The standard InChI is InChI=1S/C14H26N2O/c1-11(2)8-15-9-12-13(17-10-16-12)6-7-14(3,4)5/h10-11,15H,6-9H2,1-5H3. The lowest BCUT2D eigenvalue weighted by atomic mass is 9.90. The van der Waals surface area contributed by atoms with E-state index in [0.717, 1.165) is 37.4 Å². The van der Waals surface area contributed by atoms with E-state index in [4.69, 9.17) is 4.42 Å². The molecule has 0 aliphatic rings. The van der Waals surface area contributed by atoms with Gasteiger partial charge < -0.3 is 9.73 Å². The molecular weight excluding hydrogens is 212 g/mol. The molecule has 0 saturated heterocycles. The maximum Gasteiger partial charge on any atom is 0.181 e. The molecule has 3 heteroatoms. The first kappa shape index (κ1) is 14.2. The molecule has 0 fully saturated rings. The van der Waals surface area contributed by atoms with Crippen LogP contribution >= 0.6 is 0 Å². The monoisotopic (exact) mass is 238 g/mol. The maximum atomic E-state index is 5.47. The maximum absolute atomic E-state index is 5.47. The number of oxazole rings is 1. The number of hydrogen-bond donors (Lipinski definition) is 1. The molecule has 1 rings (SSSR count). The van der Waals surface area contributed by atoms with Crippen LogP contribution in [0, 0.1) is 11.3 Å². The highest BCUT2D eigenvalue weighted by molar-refractivity contribution is 5.07. The third-order valence-electron chi connectivity index (χ3n) is 2.67. The number of hydrogen-bond acceptors (Lipinski definition) is 3. The molecule has 0 amide bonds. The summed E-state index contributed by atoms with van der Waals surface area (Å²) in [5, 5.41) is 3.40. The lowest BCUT2D eigenvalue weighted by Gasteiger charge is -2.17. The molecule has 1 heterocycles. The van der Waals surface area contributed by atoms with Crippen molar-refractivity contribution in [2.24, 2.45) is 11.3 Å². The molecule has 0 spiro atoms. The molecule has 1 N–H and O–H groups in total. The average molecular weight is 238 g/mol. The van der Waals surface area contributed by atoms with Gasteiger partial charge in [-0.1, -0.05) is 34.6 Å². The average Bonchev–Trinajstić information content (AvgIpc) is 2.61. The number of nitrogens with one attached hydrogen (secondary N) is 1. The summed E-state index contributed by atoms with van der Waals surface area (Å²) in [5.41, 5.74) is 1.41. The van der Waals surface area contributed by atoms with E-state index in [-0.39, 0.29) is 0 Å². The van der Waals surface area contributed by atoms with E-state index < -0.39 is 0 Å². The summed E-state index contributed by atoms with van der Waals surface area (Å²) < 4.78 is 5.47. The van der Waals surface area contributed by atoms with E-state index in [1.807, 2.05) is 0 Å². The second-order valence-electron chi connectivity index (χ2n) is 6.31. The van der Waals surface area contributed by atoms with E-state index in [9.17, 15) is 0 Å². The highest BCUT2D eigenvalue weighted by Crippen LogP contribution is 2.22. The van der Waals surface area contributed by atoms with Gasteiger partial charge in [-0.3, -0.25) is 0 Å². The van der Waals surface area contributed by atoms with Crippen molar-refractivity contribution in [2.45, 2.75) is 54.0 Å². The molecule has 0 atom stereocenters. The summed E-state index contributed by atoms with van der Waals surface area (Å²) >= 11 is 0. The van der Waals surface area contributed by atoms with Gasteiger partial charge in [0.2, 0.25) is 0 Å². The first-order valence-corrected chi connectivity index (χ1v) is 6.50. The molecule has 0 aromatic carbocycles. The summed E-state index contributed by atoms with van der Waals surface area (Å²) in [6.45, 7) is 13.0. The van der Waals surface area contributed by atoms with E-state index in [1.54, 1.807) is 6.39 Å². The first-order valence-electron chi connectivity index (χ1n) is 6.50. The summed E-state index contributed by atoms with van der Waals surface area (Å²) in [5.74, 6) is 1.70. The van der Waals surface area contributed by atoms with Gasteiger partial charge in [-0.2, -0.15) is 0 Å². The van der Waals surface area contributed by atoms with Gasteiger partial charge in [0.05, 0.1) is 5.69 Å². The van der Waals surface area contributed by atoms with Gasteiger partial charge in [-0.15, -0.1) is 0 Å². The van der Waals surface area contributed by atoms with Crippen molar-refractivity contribution in [1.82, 2.24) is 10.3 Å². The van der Waals surface area contributed by atoms with Crippen molar-refractivity contribution >= 4 is 0 Å². The number of nitrogens with zero attached hydrogens (tertiary/aromatic N) is 1.